The van der Waals surface area contributed by atoms with Gasteiger partial charge in [0.1, 0.15) is 0 Å². The van der Waals surface area contributed by atoms with Crippen molar-refractivity contribution in [3.8, 4) is 0 Å². The number of hydrogen-bond donors (Lipinski definition) is 0. The first kappa shape index (κ1) is 19.2. The Labute approximate surface area is 138 Å². The summed E-state index contributed by atoms with van der Waals surface area (Å²) in [6.07, 6.45) is 0. The van der Waals surface area contributed by atoms with Crippen molar-refractivity contribution in [3.05, 3.63) is 0 Å². The molecule has 0 amide bonds. The van der Waals surface area contributed by atoms with Crippen molar-refractivity contribution in [1.82, 2.24) is 0 Å². The van der Waals surface area contributed by atoms with Gasteiger partial charge in [0.05, 0.1) is 5.38 Å². The molecule has 0 aromatic heterocycles. The maximum absolute atomic E-state index is 6.20. The summed E-state index contributed by atoms with van der Waals surface area (Å²) in [6.45, 7) is 0. The van der Waals surface area contributed by atoms with E-state index >= 15 is 0 Å². The van der Waals surface area contributed by atoms with Crippen LogP contribution in [0.3, 0.4) is 0 Å². The first-order chi connectivity index (χ1) is 8.24. The van der Waals surface area contributed by atoms with Crippen LogP contribution in [0, 0.1) is 0 Å². The fourth-order valence-electron chi connectivity index (χ4n) is 0.990. The lowest BCUT2D eigenvalue weighted by Crippen LogP contribution is -2.13. The predicted molar refractivity (Wildman–Crippen MR) is 92.7 cm³/mol. The van der Waals surface area contributed by atoms with E-state index in [1.165, 1.54) is 0 Å². The van der Waals surface area contributed by atoms with Gasteiger partial charge in [-0.25, -0.2) is 0 Å². The van der Waals surface area contributed by atoms with Crippen molar-refractivity contribution < 1.29 is 0 Å². The first-order valence-corrected chi connectivity index (χ1v) is 10.7. The van der Waals surface area contributed by atoms with E-state index in [-0.39, 0.29) is 5.38 Å². The van der Waals surface area contributed by atoms with Crippen molar-refractivity contribution in [2.24, 2.45) is 0 Å². The van der Waals surface area contributed by atoms with Gasteiger partial charge in [0.25, 0.3) is 0 Å². The van der Waals surface area contributed by atoms with E-state index in [2.05, 4.69) is 0 Å². The van der Waals surface area contributed by atoms with E-state index in [1.54, 1.807) is 0 Å². The molecule has 0 fully saturated rings. The third-order valence-corrected chi connectivity index (χ3v) is 7.64. The van der Waals surface area contributed by atoms with Crippen LogP contribution >= 0.6 is 81.7 Å². The van der Waals surface area contributed by atoms with Crippen LogP contribution in [-0.4, -0.2) is 57.0 Å². The number of halogens is 4. The molecule has 0 aromatic rings. The maximum Gasteiger partial charge on any atom is 0.0516 e. The third kappa shape index (κ3) is 13.0. The van der Waals surface area contributed by atoms with Gasteiger partial charge in [-0.1, -0.05) is 0 Å². The molecule has 0 rings (SSSR count). The van der Waals surface area contributed by atoms with Gasteiger partial charge >= 0.3 is 0 Å². The predicted octanol–water partition coefficient (Wildman–Crippen LogP) is 4.88. The van der Waals surface area contributed by atoms with Crippen LogP contribution in [0.2, 0.25) is 0 Å². The normalized spacial score (nSPS) is 14.8. The Morgan fingerprint density at radius 2 is 1.47 bits per heavy atom. The molecule has 104 valence electrons. The van der Waals surface area contributed by atoms with Crippen LogP contribution < -0.4 is 0 Å². The molecule has 0 nitrogen and oxygen atoms in total. The van der Waals surface area contributed by atoms with Crippen LogP contribution in [0.25, 0.3) is 0 Å². The van der Waals surface area contributed by atoms with E-state index in [0.29, 0.717) is 22.9 Å². The highest BCUT2D eigenvalue weighted by Gasteiger charge is 2.10. The minimum atomic E-state index is 0.224. The molecule has 0 radical (unpaired) electrons. The SMILES string of the molecule is ClCCSCC(Cl)CSCC(CCl)SCCCl. The monoisotopic (exact) mass is 374 g/mol. The standard InChI is InChI=1S/C10H18Cl4S3/c11-1-3-15-6-9(14)7-16-8-10(5-13)17-4-2-12/h9-10H,1-8H2. The molecule has 0 N–H and O–H groups in total. The highest BCUT2D eigenvalue weighted by molar-refractivity contribution is 8.03. The van der Waals surface area contributed by atoms with E-state index < -0.39 is 0 Å². The summed E-state index contributed by atoms with van der Waals surface area (Å²) < 4.78 is 0. The van der Waals surface area contributed by atoms with Crippen LogP contribution in [0.15, 0.2) is 0 Å². The van der Waals surface area contributed by atoms with Crippen molar-refractivity contribution in [2.75, 3.05) is 46.4 Å². The van der Waals surface area contributed by atoms with Gasteiger partial charge in [0.2, 0.25) is 0 Å². The Balaban J connectivity index is 3.45. The first-order valence-electron chi connectivity index (χ1n) is 5.33. The lowest BCUT2D eigenvalue weighted by atomic mass is 10.5. The summed E-state index contributed by atoms with van der Waals surface area (Å²) in [7, 11) is 0. The molecule has 0 saturated heterocycles. The highest BCUT2D eigenvalue weighted by Crippen LogP contribution is 2.21. The van der Waals surface area contributed by atoms with Crippen LogP contribution in [-0.2, 0) is 0 Å². The second-order valence-corrected chi connectivity index (χ2v) is 8.55. The Bertz CT molecular complexity index is 162. The largest absolute Gasteiger partial charge is 0.159 e. The molecular weight excluding hydrogens is 358 g/mol. The summed E-state index contributed by atoms with van der Waals surface area (Å²) in [5.41, 5.74) is 0. The fourth-order valence-corrected chi connectivity index (χ4v) is 5.50. The minimum Gasteiger partial charge on any atom is -0.159 e. The molecule has 0 aliphatic heterocycles. The number of rotatable bonds is 12. The molecule has 7 heteroatoms. The van der Waals surface area contributed by atoms with Gasteiger partial charge in [-0.05, 0) is 0 Å². The van der Waals surface area contributed by atoms with E-state index in [9.17, 15) is 0 Å². The number of thioether (sulfide) groups is 3. The molecule has 2 atom stereocenters. The zero-order chi connectivity index (χ0) is 12.9. The lowest BCUT2D eigenvalue weighted by molar-refractivity contribution is 1.10. The number of alkyl halides is 4. The van der Waals surface area contributed by atoms with Crippen LogP contribution in [0.1, 0.15) is 0 Å². The molecule has 0 aliphatic rings. The van der Waals surface area contributed by atoms with Gasteiger partial charge in [-0.15, -0.1) is 46.4 Å². The Morgan fingerprint density at radius 3 is 2.06 bits per heavy atom. The molecule has 0 aliphatic carbocycles. The Hall–Kier alpha value is 2.21. The second kappa shape index (κ2) is 14.6. The van der Waals surface area contributed by atoms with E-state index in [4.69, 9.17) is 46.4 Å². The Kier molecular flexibility index (Phi) is 16.5. The molecule has 0 spiro atoms. The molecule has 0 bridgehead atoms. The lowest BCUT2D eigenvalue weighted by Gasteiger charge is -2.14. The molecular formula is C10H18Cl4S3. The summed E-state index contributed by atoms with van der Waals surface area (Å²) in [5.74, 6) is 7.02. The topological polar surface area (TPSA) is 0 Å². The van der Waals surface area contributed by atoms with Crippen LogP contribution in [0.5, 0.6) is 0 Å². The minimum absolute atomic E-state index is 0.224. The average molecular weight is 376 g/mol. The van der Waals surface area contributed by atoms with Crippen molar-refractivity contribution in [1.29, 1.82) is 0 Å². The van der Waals surface area contributed by atoms with Gasteiger partial charge in [0.15, 0.2) is 0 Å². The highest BCUT2D eigenvalue weighted by atomic mass is 35.5. The summed E-state index contributed by atoms with van der Waals surface area (Å²) in [5, 5.41) is 0.710. The summed E-state index contributed by atoms with van der Waals surface area (Å²) >= 11 is 28.9. The van der Waals surface area contributed by atoms with Gasteiger partial charge < -0.3 is 0 Å². The quantitative estimate of drug-likeness (QED) is 0.352. The van der Waals surface area contributed by atoms with Gasteiger partial charge in [-0.2, -0.15) is 35.3 Å². The maximum atomic E-state index is 6.20. The zero-order valence-corrected chi connectivity index (χ0v) is 15.0. The third-order valence-electron chi connectivity index (χ3n) is 1.73. The summed E-state index contributed by atoms with van der Waals surface area (Å²) in [4.78, 5) is 0. The molecule has 0 heterocycles. The molecule has 2 unspecified atom stereocenters. The van der Waals surface area contributed by atoms with Gasteiger partial charge in [0, 0.05) is 51.7 Å². The van der Waals surface area contributed by atoms with Crippen molar-refractivity contribution in [2.45, 2.75) is 10.6 Å². The molecule has 0 saturated carbocycles. The van der Waals surface area contributed by atoms with Crippen molar-refractivity contribution >= 4 is 81.7 Å². The van der Waals surface area contributed by atoms with E-state index in [1.807, 2.05) is 35.3 Å². The van der Waals surface area contributed by atoms with E-state index in [0.717, 1.165) is 28.8 Å². The smallest absolute Gasteiger partial charge is 0.0516 e. The summed E-state index contributed by atoms with van der Waals surface area (Å²) in [6, 6.07) is 0. The van der Waals surface area contributed by atoms with Crippen LogP contribution in [0.4, 0.5) is 0 Å². The zero-order valence-electron chi connectivity index (χ0n) is 9.55. The molecule has 0 aromatic carbocycles. The molecule has 17 heavy (non-hydrogen) atoms. The Morgan fingerprint density at radius 1 is 0.824 bits per heavy atom. The number of hydrogen-bond acceptors (Lipinski definition) is 3. The second-order valence-electron chi connectivity index (χ2n) is 3.23. The fraction of sp³-hybridized carbons (Fsp3) is 1.00. The average Bonchev–Trinajstić information content (AvgIpc) is 2.34. The van der Waals surface area contributed by atoms with Gasteiger partial charge in [-0.3, -0.25) is 0 Å². The van der Waals surface area contributed by atoms with Crippen molar-refractivity contribution in [3.63, 3.8) is 0 Å².